The van der Waals surface area contributed by atoms with Crippen molar-refractivity contribution in [1.29, 1.82) is 0 Å². The number of carbonyl (C=O) groups excluding carboxylic acids is 1. The molecule has 0 atom stereocenters. The van der Waals surface area contributed by atoms with Crippen LogP contribution in [0.15, 0.2) is 18.2 Å². The topological polar surface area (TPSA) is 45.2 Å². The fourth-order valence-corrected chi connectivity index (χ4v) is 2.20. The summed E-state index contributed by atoms with van der Waals surface area (Å²) < 4.78 is 0. The Morgan fingerprint density at radius 3 is 2.47 bits per heavy atom. The summed E-state index contributed by atoms with van der Waals surface area (Å²) in [6, 6.07) is 6.13. The molecular formula is C13H21Cl2N3O. The lowest BCUT2D eigenvalue weighted by atomic mass is 10.1. The number of nitrogens with one attached hydrogen (secondary N) is 1. The Hall–Kier alpha value is -0.840. The molecule has 0 aliphatic carbocycles. The predicted molar refractivity (Wildman–Crippen MR) is 81.5 cm³/mol. The first-order valence-corrected chi connectivity index (χ1v) is 6.11. The van der Waals surface area contributed by atoms with E-state index >= 15 is 0 Å². The van der Waals surface area contributed by atoms with Gasteiger partial charge in [-0.2, -0.15) is 0 Å². The molecule has 0 bridgehead atoms. The Morgan fingerprint density at radius 1 is 1.32 bits per heavy atom. The first kappa shape index (κ1) is 18.2. The fraction of sp³-hybridized carbons (Fsp3) is 0.538. The Kier molecular flexibility index (Phi) is 7.99. The van der Waals surface area contributed by atoms with Crippen molar-refractivity contribution in [3.63, 3.8) is 0 Å². The van der Waals surface area contributed by atoms with Gasteiger partial charge in [0.05, 0.1) is 0 Å². The molecule has 1 N–H and O–H groups in total. The lowest BCUT2D eigenvalue weighted by Crippen LogP contribution is -2.44. The number of hydrogen-bond acceptors (Lipinski definition) is 3. The second-order valence-electron chi connectivity index (χ2n) is 4.52. The molecule has 0 aromatic carbocycles. The van der Waals surface area contributed by atoms with Crippen LogP contribution in [0.3, 0.4) is 0 Å². The summed E-state index contributed by atoms with van der Waals surface area (Å²) in [5, 5.41) is 3.26. The number of amides is 1. The number of halogens is 2. The van der Waals surface area contributed by atoms with E-state index in [-0.39, 0.29) is 30.7 Å². The summed E-state index contributed by atoms with van der Waals surface area (Å²) in [5.74, 6) is 0.0586. The molecule has 19 heavy (non-hydrogen) atoms. The van der Waals surface area contributed by atoms with Crippen LogP contribution in [0.4, 0.5) is 0 Å². The molecule has 1 aliphatic rings. The molecule has 6 heteroatoms. The Morgan fingerprint density at radius 2 is 1.95 bits per heavy atom. The van der Waals surface area contributed by atoms with Crippen molar-refractivity contribution >= 4 is 30.7 Å². The van der Waals surface area contributed by atoms with Gasteiger partial charge in [0.15, 0.2) is 0 Å². The van der Waals surface area contributed by atoms with Crippen molar-refractivity contribution in [3.05, 3.63) is 29.6 Å². The largest absolute Gasteiger partial charge is 0.337 e. The smallest absolute Gasteiger partial charge is 0.272 e. The number of nitrogens with zero attached hydrogens (tertiary/aromatic N) is 2. The minimum absolute atomic E-state index is 0. The van der Waals surface area contributed by atoms with Crippen molar-refractivity contribution in [2.24, 2.45) is 0 Å². The summed E-state index contributed by atoms with van der Waals surface area (Å²) in [5.41, 5.74) is 1.45. The highest BCUT2D eigenvalue weighted by molar-refractivity contribution is 5.92. The monoisotopic (exact) mass is 305 g/mol. The lowest BCUT2D eigenvalue weighted by Gasteiger charge is -2.31. The maximum absolute atomic E-state index is 12.2. The Labute approximate surface area is 126 Å². The molecule has 0 saturated carbocycles. The molecule has 1 aliphatic heterocycles. The Balaban J connectivity index is 0.00000162. The third-order valence-electron chi connectivity index (χ3n) is 3.30. The number of aromatic nitrogens is 1. The first-order chi connectivity index (χ1) is 8.20. The average Bonchev–Trinajstić information content (AvgIpc) is 2.38. The van der Waals surface area contributed by atoms with Gasteiger partial charge in [-0.1, -0.05) is 6.07 Å². The van der Waals surface area contributed by atoms with E-state index in [0.29, 0.717) is 11.7 Å². The molecule has 108 valence electrons. The summed E-state index contributed by atoms with van der Waals surface area (Å²) in [6.07, 6.45) is 2.04. The number of hydrogen-bond donors (Lipinski definition) is 1. The average molecular weight is 306 g/mol. The zero-order chi connectivity index (χ0) is 12.3. The fourth-order valence-electron chi connectivity index (χ4n) is 2.20. The van der Waals surface area contributed by atoms with Gasteiger partial charge < -0.3 is 10.2 Å². The normalized spacial score (nSPS) is 15.4. The van der Waals surface area contributed by atoms with Crippen molar-refractivity contribution in [1.82, 2.24) is 15.2 Å². The van der Waals surface area contributed by atoms with Crippen molar-refractivity contribution in [2.75, 3.05) is 20.1 Å². The van der Waals surface area contributed by atoms with Gasteiger partial charge in [0.25, 0.3) is 5.91 Å². The first-order valence-electron chi connectivity index (χ1n) is 6.11. The van der Waals surface area contributed by atoms with Gasteiger partial charge in [-0.15, -0.1) is 24.8 Å². The van der Waals surface area contributed by atoms with Gasteiger partial charge >= 0.3 is 0 Å². The molecule has 1 aromatic rings. The Bertz CT molecular complexity index is 407. The van der Waals surface area contributed by atoms with Crippen LogP contribution >= 0.6 is 24.8 Å². The van der Waals surface area contributed by atoms with E-state index in [2.05, 4.69) is 10.3 Å². The van der Waals surface area contributed by atoms with Gasteiger partial charge in [0.2, 0.25) is 0 Å². The van der Waals surface area contributed by atoms with Crippen LogP contribution < -0.4 is 5.32 Å². The zero-order valence-corrected chi connectivity index (χ0v) is 12.9. The van der Waals surface area contributed by atoms with Crippen LogP contribution in [0.2, 0.25) is 0 Å². The second-order valence-corrected chi connectivity index (χ2v) is 4.52. The minimum atomic E-state index is 0. The molecule has 1 aromatic heterocycles. The molecule has 2 heterocycles. The number of rotatable bonds is 2. The van der Waals surface area contributed by atoms with Crippen LogP contribution in [-0.4, -0.2) is 42.0 Å². The van der Waals surface area contributed by atoms with E-state index in [1.807, 2.05) is 31.0 Å². The third-order valence-corrected chi connectivity index (χ3v) is 3.30. The van der Waals surface area contributed by atoms with E-state index in [4.69, 9.17) is 0 Å². The number of aryl methyl sites for hydroxylation is 1. The SMILES string of the molecule is CNC1CCN(C(=O)c2cccc(C)n2)CC1.Cl.Cl. The van der Waals surface area contributed by atoms with Crippen molar-refractivity contribution in [3.8, 4) is 0 Å². The maximum atomic E-state index is 12.2. The summed E-state index contributed by atoms with van der Waals surface area (Å²) in [4.78, 5) is 18.4. The van der Waals surface area contributed by atoms with Gasteiger partial charge in [-0.25, -0.2) is 4.98 Å². The van der Waals surface area contributed by atoms with Gasteiger partial charge in [-0.3, -0.25) is 4.79 Å². The van der Waals surface area contributed by atoms with E-state index in [1.165, 1.54) is 0 Å². The van der Waals surface area contributed by atoms with Crippen molar-refractivity contribution in [2.45, 2.75) is 25.8 Å². The van der Waals surface area contributed by atoms with E-state index in [1.54, 1.807) is 6.07 Å². The summed E-state index contributed by atoms with van der Waals surface area (Å²) in [7, 11) is 1.98. The molecule has 4 nitrogen and oxygen atoms in total. The zero-order valence-electron chi connectivity index (χ0n) is 11.3. The molecule has 1 fully saturated rings. The highest BCUT2D eigenvalue weighted by atomic mass is 35.5. The highest BCUT2D eigenvalue weighted by Gasteiger charge is 2.23. The molecule has 1 amide bonds. The van der Waals surface area contributed by atoms with E-state index < -0.39 is 0 Å². The summed E-state index contributed by atoms with van der Waals surface area (Å²) in [6.45, 7) is 3.55. The molecule has 1 saturated heterocycles. The molecule has 0 unspecified atom stereocenters. The highest BCUT2D eigenvalue weighted by Crippen LogP contribution is 2.13. The number of piperidine rings is 1. The van der Waals surface area contributed by atoms with Gasteiger partial charge in [0, 0.05) is 24.8 Å². The minimum Gasteiger partial charge on any atom is -0.337 e. The molecule has 0 radical (unpaired) electrons. The standard InChI is InChI=1S/C13H19N3O.2ClH/c1-10-4-3-5-12(15-10)13(17)16-8-6-11(14-2)7-9-16;;/h3-5,11,14H,6-9H2,1-2H3;2*1H. The van der Waals surface area contributed by atoms with Crippen LogP contribution in [0.1, 0.15) is 29.0 Å². The van der Waals surface area contributed by atoms with Crippen LogP contribution in [0.5, 0.6) is 0 Å². The maximum Gasteiger partial charge on any atom is 0.272 e. The molecular weight excluding hydrogens is 285 g/mol. The summed E-state index contributed by atoms with van der Waals surface area (Å²) >= 11 is 0. The number of likely N-dealkylation sites (tertiary alicyclic amines) is 1. The molecule has 0 spiro atoms. The number of pyridine rings is 1. The third kappa shape index (κ3) is 4.64. The predicted octanol–water partition coefficient (Wildman–Crippen LogP) is 2.06. The van der Waals surface area contributed by atoms with Gasteiger partial charge in [0.1, 0.15) is 5.69 Å². The van der Waals surface area contributed by atoms with E-state index in [9.17, 15) is 4.79 Å². The van der Waals surface area contributed by atoms with Crippen LogP contribution in [0, 0.1) is 6.92 Å². The lowest BCUT2D eigenvalue weighted by molar-refractivity contribution is 0.0701. The van der Waals surface area contributed by atoms with Gasteiger partial charge in [-0.05, 0) is 38.9 Å². The van der Waals surface area contributed by atoms with Crippen LogP contribution in [-0.2, 0) is 0 Å². The van der Waals surface area contributed by atoms with E-state index in [0.717, 1.165) is 31.6 Å². The quantitative estimate of drug-likeness (QED) is 0.909. The second kappa shape index (κ2) is 8.35. The van der Waals surface area contributed by atoms with Crippen LogP contribution in [0.25, 0.3) is 0 Å². The molecule has 2 rings (SSSR count). The number of carbonyl (C=O) groups is 1. The van der Waals surface area contributed by atoms with Crippen molar-refractivity contribution < 1.29 is 4.79 Å².